The normalized spacial score (nSPS) is 19.3. The third-order valence-corrected chi connectivity index (χ3v) is 3.81. The molecule has 0 fully saturated rings. The highest BCUT2D eigenvalue weighted by Crippen LogP contribution is 2.32. The van der Waals surface area contributed by atoms with Gasteiger partial charge in [-0.15, -0.1) is 0 Å². The third-order valence-electron chi connectivity index (χ3n) is 3.81. The zero-order valence-electron chi connectivity index (χ0n) is 12.8. The van der Waals surface area contributed by atoms with Crippen molar-refractivity contribution < 1.29 is 9.78 Å². The van der Waals surface area contributed by atoms with Gasteiger partial charge in [0, 0.05) is 5.92 Å². The van der Waals surface area contributed by atoms with Crippen LogP contribution in [0, 0.1) is 5.92 Å². The SMILES string of the molecule is CC(C)(OOC(C)(C)C1C=CC=CC1)c1ccccc1. The summed E-state index contributed by atoms with van der Waals surface area (Å²) in [6, 6.07) is 10.1. The Morgan fingerprint density at radius 1 is 0.950 bits per heavy atom. The van der Waals surface area contributed by atoms with Crippen molar-refractivity contribution in [2.24, 2.45) is 5.92 Å². The largest absolute Gasteiger partial charge is 0.229 e. The molecule has 0 radical (unpaired) electrons. The van der Waals surface area contributed by atoms with Crippen molar-refractivity contribution in [3.05, 3.63) is 60.2 Å². The molecule has 0 spiro atoms. The van der Waals surface area contributed by atoms with Crippen molar-refractivity contribution in [3.63, 3.8) is 0 Å². The molecule has 2 rings (SSSR count). The van der Waals surface area contributed by atoms with Gasteiger partial charge in [0.15, 0.2) is 0 Å². The van der Waals surface area contributed by atoms with Crippen LogP contribution in [-0.4, -0.2) is 5.60 Å². The second-order valence-electron chi connectivity index (χ2n) is 6.30. The van der Waals surface area contributed by atoms with Crippen LogP contribution in [0.1, 0.15) is 39.7 Å². The molecular formula is C18H24O2. The first kappa shape index (κ1) is 15.0. The monoisotopic (exact) mass is 272 g/mol. The molecule has 0 saturated heterocycles. The Kier molecular flexibility index (Phi) is 4.46. The lowest BCUT2D eigenvalue weighted by atomic mass is 9.86. The Morgan fingerprint density at radius 3 is 2.25 bits per heavy atom. The highest BCUT2D eigenvalue weighted by atomic mass is 17.2. The average molecular weight is 272 g/mol. The standard InChI is InChI=1S/C18H24O2/c1-17(2,15-11-7-5-8-12-15)19-20-18(3,4)16-13-9-6-10-14-16/h5-13,16H,14H2,1-4H3. The van der Waals surface area contributed by atoms with Gasteiger partial charge in [0.1, 0.15) is 11.2 Å². The summed E-state index contributed by atoms with van der Waals surface area (Å²) in [5, 5.41) is 0. The lowest BCUT2D eigenvalue weighted by molar-refractivity contribution is -0.411. The van der Waals surface area contributed by atoms with Crippen molar-refractivity contribution in [2.45, 2.75) is 45.3 Å². The van der Waals surface area contributed by atoms with Gasteiger partial charge in [-0.2, -0.15) is 0 Å². The summed E-state index contributed by atoms with van der Waals surface area (Å²) < 4.78 is 0. The molecule has 1 aliphatic rings. The maximum Gasteiger partial charge on any atom is 0.123 e. The lowest BCUT2D eigenvalue weighted by Crippen LogP contribution is -2.37. The number of hydrogen-bond acceptors (Lipinski definition) is 2. The number of benzene rings is 1. The van der Waals surface area contributed by atoms with Crippen molar-refractivity contribution in [3.8, 4) is 0 Å². The highest BCUT2D eigenvalue weighted by Gasteiger charge is 2.33. The zero-order chi connectivity index (χ0) is 14.6. The van der Waals surface area contributed by atoms with Gasteiger partial charge in [0.05, 0.1) is 0 Å². The van der Waals surface area contributed by atoms with Gasteiger partial charge in [-0.3, -0.25) is 0 Å². The topological polar surface area (TPSA) is 18.5 Å². The van der Waals surface area contributed by atoms with Crippen LogP contribution in [0.4, 0.5) is 0 Å². The van der Waals surface area contributed by atoms with Crippen molar-refractivity contribution in [2.75, 3.05) is 0 Å². The van der Waals surface area contributed by atoms with Crippen LogP contribution in [0.2, 0.25) is 0 Å². The van der Waals surface area contributed by atoms with Gasteiger partial charge in [-0.1, -0.05) is 54.6 Å². The minimum absolute atomic E-state index is 0.332. The fourth-order valence-electron chi connectivity index (χ4n) is 2.26. The van der Waals surface area contributed by atoms with Gasteiger partial charge in [-0.25, -0.2) is 9.78 Å². The predicted octanol–water partition coefficient (Wildman–Crippen LogP) is 4.78. The Balaban J connectivity index is 2.00. The molecule has 0 aliphatic heterocycles. The molecule has 2 nitrogen and oxygen atoms in total. The van der Waals surface area contributed by atoms with E-state index >= 15 is 0 Å². The van der Waals surface area contributed by atoms with Gasteiger partial charge >= 0.3 is 0 Å². The van der Waals surface area contributed by atoms with E-state index in [2.05, 4.69) is 50.3 Å². The van der Waals surface area contributed by atoms with Crippen LogP contribution in [-0.2, 0) is 15.4 Å². The molecule has 1 atom stereocenters. The Bertz CT molecular complexity index is 483. The summed E-state index contributed by atoms with van der Waals surface area (Å²) in [7, 11) is 0. The molecular weight excluding hydrogens is 248 g/mol. The van der Waals surface area contributed by atoms with E-state index in [1.54, 1.807) is 0 Å². The third kappa shape index (κ3) is 3.59. The molecule has 1 aromatic rings. The summed E-state index contributed by atoms with van der Waals surface area (Å²) in [6.45, 7) is 8.19. The molecule has 0 heterocycles. The first-order valence-corrected chi connectivity index (χ1v) is 7.17. The zero-order valence-corrected chi connectivity index (χ0v) is 12.8. The molecule has 0 N–H and O–H groups in total. The summed E-state index contributed by atoms with van der Waals surface area (Å²) in [5.41, 5.74) is 0.287. The smallest absolute Gasteiger partial charge is 0.123 e. The maximum absolute atomic E-state index is 5.80. The molecule has 0 saturated carbocycles. The van der Waals surface area contributed by atoms with E-state index in [1.165, 1.54) is 0 Å². The number of rotatable bonds is 5. The number of allylic oxidation sites excluding steroid dienone is 3. The fraction of sp³-hybridized carbons (Fsp3) is 0.444. The van der Waals surface area contributed by atoms with E-state index in [9.17, 15) is 0 Å². The minimum Gasteiger partial charge on any atom is -0.229 e. The summed E-state index contributed by atoms with van der Waals surface area (Å²) in [5.74, 6) is 0.332. The Hall–Kier alpha value is -1.38. The van der Waals surface area contributed by atoms with Crippen LogP contribution in [0.15, 0.2) is 54.6 Å². The molecule has 1 unspecified atom stereocenters. The van der Waals surface area contributed by atoms with E-state index in [0.29, 0.717) is 5.92 Å². The molecule has 108 valence electrons. The second-order valence-corrected chi connectivity index (χ2v) is 6.30. The average Bonchev–Trinajstić information content (AvgIpc) is 2.47. The van der Waals surface area contributed by atoms with Gasteiger partial charge in [0.2, 0.25) is 0 Å². The minimum atomic E-state index is -0.466. The molecule has 0 bridgehead atoms. The number of hydrogen-bond donors (Lipinski definition) is 0. The highest BCUT2D eigenvalue weighted by molar-refractivity contribution is 5.20. The van der Waals surface area contributed by atoms with Crippen LogP contribution >= 0.6 is 0 Å². The maximum atomic E-state index is 5.80. The van der Waals surface area contributed by atoms with E-state index in [4.69, 9.17) is 9.78 Å². The van der Waals surface area contributed by atoms with Gasteiger partial charge in [0.25, 0.3) is 0 Å². The summed E-state index contributed by atoms with van der Waals surface area (Å²) >= 11 is 0. The quantitative estimate of drug-likeness (QED) is 0.567. The van der Waals surface area contributed by atoms with E-state index in [0.717, 1.165) is 12.0 Å². The molecule has 1 aliphatic carbocycles. The first-order valence-electron chi connectivity index (χ1n) is 7.17. The predicted molar refractivity (Wildman–Crippen MR) is 82.1 cm³/mol. The fourth-order valence-corrected chi connectivity index (χ4v) is 2.26. The molecule has 0 amide bonds. The summed E-state index contributed by atoms with van der Waals surface area (Å²) in [4.78, 5) is 11.6. The summed E-state index contributed by atoms with van der Waals surface area (Å²) in [6.07, 6.45) is 9.47. The molecule has 20 heavy (non-hydrogen) atoms. The Morgan fingerprint density at radius 2 is 1.65 bits per heavy atom. The van der Waals surface area contributed by atoms with Crippen molar-refractivity contribution in [1.82, 2.24) is 0 Å². The lowest BCUT2D eigenvalue weighted by Gasteiger charge is -2.35. The van der Waals surface area contributed by atoms with Gasteiger partial charge < -0.3 is 0 Å². The van der Waals surface area contributed by atoms with E-state index < -0.39 is 5.60 Å². The van der Waals surface area contributed by atoms with Crippen LogP contribution in [0.25, 0.3) is 0 Å². The van der Waals surface area contributed by atoms with Crippen LogP contribution < -0.4 is 0 Å². The molecule has 0 aromatic heterocycles. The molecule has 2 heteroatoms. The van der Waals surface area contributed by atoms with Crippen molar-refractivity contribution >= 4 is 0 Å². The Labute approximate surface area is 122 Å². The molecule has 1 aromatic carbocycles. The van der Waals surface area contributed by atoms with Crippen LogP contribution in [0.3, 0.4) is 0 Å². The van der Waals surface area contributed by atoms with E-state index in [1.807, 2.05) is 32.0 Å². The van der Waals surface area contributed by atoms with Crippen molar-refractivity contribution in [1.29, 1.82) is 0 Å². The first-order chi connectivity index (χ1) is 9.42. The van der Waals surface area contributed by atoms with Crippen LogP contribution in [0.5, 0.6) is 0 Å². The van der Waals surface area contributed by atoms with Gasteiger partial charge in [-0.05, 0) is 39.7 Å². The second kappa shape index (κ2) is 5.94. The van der Waals surface area contributed by atoms with E-state index in [-0.39, 0.29) is 5.60 Å².